The van der Waals surface area contributed by atoms with Gasteiger partial charge in [-0.15, -0.1) is 0 Å². The molecule has 7 nitrogen and oxygen atoms in total. The van der Waals surface area contributed by atoms with Crippen LogP contribution in [0.3, 0.4) is 0 Å². The standard InChI is InChI=1S/C27H34N2O5/c1-4-22(21-10-6-7-11-23(21)34-19-27(31)29-16-8-9-17-29)28-26(30)15-13-20-12-14-24(32-3)25(18-20)33-5-2/h6-7,10-15,18,22H,4-5,8-9,16-17,19H2,1-3H3,(H,28,30). The minimum atomic E-state index is -0.245. The molecule has 1 aliphatic heterocycles. The SMILES string of the molecule is CCOc1cc(C=CC(=O)NC(CC)c2ccccc2OCC(=O)N2CCCC2)ccc1OC. The molecule has 1 heterocycles. The average Bonchev–Trinajstić information content (AvgIpc) is 3.40. The number of nitrogens with zero attached hydrogens (tertiary/aromatic N) is 1. The Kier molecular flexibility index (Phi) is 9.38. The Hall–Kier alpha value is -3.48. The Morgan fingerprint density at radius 3 is 2.50 bits per heavy atom. The van der Waals surface area contributed by atoms with E-state index < -0.39 is 0 Å². The van der Waals surface area contributed by atoms with Gasteiger partial charge in [-0.1, -0.05) is 31.2 Å². The topological polar surface area (TPSA) is 77.1 Å². The van der Waals surface area contributed by atoms with E-state index in [-0.39, 0.29) is 24.5 Å². The van der Waals surface area contributed by atoms with Crippen molar-refractivity contribution in [2.75, 3.05) is 33.4 Å². The lowest BCUT2D eigenvalue weighted by Crippen LogP contribution is -2.32. The Balaban J connectivity index is 1.65. The van der Waals surface area contributed by atoms with E-state index in [1.54, 1.807) is 13.2 Å². The number of para-hydroxylation sites is 1. The van der Waals surface area contributed by atoms with Crippen LogP contribution < -0.4 is 19.5 Å². The zero-order valence-corrected chi connectivity index (χ0v) is 20.2. The Labute approximate surface area is 201 Å². The van der Waals surface area contributed by atoms with Crippen LogP contribution >= 0.6 is 0 Å². The van der Waals surface area contributed by atoms with Gasteiger partial charge in [0.25, 0.3) is 5.91 Å². The highest BCUT2D eigenvalue weighted by Crippen LogP contribution is 2.29. The van der Waals surface area contributed by atoms with Crippen LogP contribution in [-0.4, -0.2) is 50.1 Å². The Morgan fingerprint density at radius 2 is 1.79 bits per heavy atom. The van der Waals surface area contributed by atoms with Crippen molar-refractivity contribution in [3.05, 3.63) is 59.7 Å². The molecule has 182 valence electrons. The van der Waals surface area contributed by atoms with Gasteiger partial charge in [0.2, 0.25) is 5.91 Å². The summed E-state index contributed by atoms with van der Waals surface area (Å²) >= 11 is 0. The minimum absolute atomic E-state index is 0.000923. The molecule has 0 bridgehead atoms. The van der Waals surface area contributed by atoms with Crippen LogP contribution in [0.2, 0.25) is 0 Å². The molecule has 7 heteroatoms. The van der Waals surface area contributed by atoms with Crippen molar-refractivity contribution >= 4 is 17.9 Å². The van der Waals surface area contributed by atoms with Gasteiger partial charge in [0.05, 0.1) is 19.8 Å². The first-order valence-electron chi connectivity index (χ1n) is 11.8. The fraction of sp³-hybridized carbons (Fsp3) is 0.407. The molecule has 34 heavy (non-hydrogen) atoms. The Bertz CT molecular complexity index is 998. The fourth-order valence-electron chi connectivity index (χ4n) is 3.95. The summed E-state index contributed by atoms with van der Waals surface area (Å²) in [5.74, 6) is 1.67. The molecule has 1 fully saturated rings. The van der Waals surface area contributed by atoms with Gasteiger partial charge >= 0.3 is 0 Å². The van der Waals surface area contributed by atoms with Gasteiger partial charge in [-0.3, -0.25) is 9.59 Å². The molecule has 1 aliphatic rings. The van der Waals surface area contributed by atoms with Crippen molar-refractivity contribution in [3.8, 4) is 17.2 Å². The third-order valence-corrected chi connectivity index (χ3v) is 5.74. The number of likely N-dealkylation sites (tertiary alicyclic amines) is 1. The van der Waals surface area contributed by atoms with E-state index in [9.17, 15) is 9.59 Å². The van der Waals surface area contributed by atoms with Gasteiger partial charge < -0.3 is 24.4 Å². The van der Waals surface area contributed by atoms with Crippen LogP contribution in [0.4, 0.5) is 0 Å². The largest absolute Gasteiger partial charge is 0.493 e. The molecule has 0 aliphatic carbocycles. The van der Waals surface area contributed by atoms with Gasteiger partial charge in [-0.2, -0.15) is 0 Å². The first-order valence-corrected chi connectivity index (χ1v) is 11.8. The second-order valence-electron chi connectivity index (χ2n) is 8.06. The number of nitrogens with one attached hydrogen (secondary N) is 1. The van der Waals surface area contributed by atoms with Crippen molar-refractivity contribution in [1.82, 2.24) is 10.2 Å². The molecule has 1 atom stereocenters. The van der Waals surface area contributed by atoms with Crippen molar-refractivity contribution in [2.24, 2.45) is 0 Å². The highest BCUT2D eigenvalue weighted by molar-refractivity contribution is 5.92. The normalized spacial score (nSPS) is 14.1. The van der Waals surface area contributed by atoms with E-state index in [1.165, 1.54) is 6.08 Å². The van der Waals surface area contributed by atoms with E-state index in [0.717, 1.165) is 37.1 Å². The smallest absolute Gasteiger partial charge is 0.260 e. The van der Waals surface area contributed by atoms with Gasteiger partial charge in [0.1, 0.15) is 5.75 Å². The van der Waals surface area contributed by atoms with Gasteiger partial charge in [0, 0.05) is 24.7 Å². The zero-order valence-electron chi connectivity index (χ0n) is 20.2. The number of hydrogen-bond acceptors (Lipinski definition) is 5. The van der Waals surface area contributed by atoms with Gasteiger partial charge in [-0.25, -0.2) is 0 Å². The number of amides is 2. The van der Waals surface area contributed by atoms with Gasteiger partial charge in [0.15, 0.2) is 18.1 Å². The monoisotopic (exact) mass is 466 g/mol. The quantitative estimate of drug-likeness (QED) is 0.498. The first-order chi connectivity index (χ1) is 16.5. The molecule has 3 rings (SSSR count). The number of hydrogen-bond donors (Lipinski definition) is 1. The molecule has 0 saturated carbocycles. The molecule has 1 unspecified atom stereocenters. The maximum absolute atomic E-state index is 12.7. The molecule has 2 amide bonds. The molecule has 0 radical (unpaired) electrons. The van der Waals surface area contributed by atoms with Crippen LogP contribution in [0.1, 0.15) is 50.3 Å². The summed E-state index contributed by atoms with van der Waals surface area (Å²) in [5, 5.41) is 3.04. The Morgan fingerprint density at radius 1 is 1.03 bits per heavy atom. The lowest BCUT2D eigenvalue weighted by atomic mass is 10.0. The molecule has 1 N–H and O–H groups in total. The zero-order chi connectivity index (χ0) is 24.3. The second-order valence-corrected chi connectivity index (χ2v) is 8.06. The summed E-state index contributed by atoms with van der Waals surface area (Å²) in [6.45, 7) is 6.02. The lowest BCUT2D eigenvalue weighted by Gasteiger charge is -2.21. The van der Waals surface area contributed by atoms with E-state index in [0.29, 0.717) is 30.3 Å². The van der Waals surface area contributed by atoms with Crippen LogP contribution in [0.5, 0.6) is 17.2 Å². The first kappa shape index (κ1) is 25.1. The van der Waals surface area contributed by atoms with Crippen LogP contribution in [-0.2, 0) is 9.59 Å². The predicted molar refractivity (Wildman–Crippen MR) is 132 cm³/mol. The summed E-state index contributed by atoms with van der Waals surface area (Å²) < 4.78 is 16.8. The summed E-state index contributed by atoms with van der Waals surface area (Å²) in [6, 6.07) is 12.8. The molecule has 2 aromatic carbocycles. The number of benzene rings is 2. The number of ether oxygens (including phenoxy) is 3. The minimum Gasteiger partial charge on any atom is -0.493 e. The molecule has 0 spiro atoms. The van der Waals surface area contributed by atoms with Crippen molar-refractivity contribution in [1.29, 1.82) is 0 Å². The van der Waals surface area contributed by atoms with Crippen molar-refractivity contribution in [2.45, 2.75) is 39.2 Å². The average molecular weight is 467 g/mol. The molecular weight excluding hydrogens is 432 g/mol. The number of methoxy groups -OCH3 is 1. The summed E-state index contributed by atoms with van der Waals surface area (Å²) in [5.41, 5.74) is 1.68. The van der Waals surface area contributed by atoms with Crippen molar-refractivity contribution in [3.63, 3.8) is 0 Å². The van der Waals surface area contributed by atoms with E-state index in [2.05, 4.69) is 5.32 Å². The fourth-order valence-corrected chi connectivity index (χ4v) is 3.95. The molecule has 1 saturated heterocycles. The van der Waals surface area contributed by atoms with E-state index in [4.69, 9.17) is 14.2 Å². The maximum Gasteiger partial charge on any atom is 0.260 e. The molecule has 0 aromatic heterocycles. The summed E-state index contributed by atoms with van der Waals surface area (Å²) in [4.78, 5) is 26.9. The lowest BCUT2D eigenvalue weighted by molar-refractivity contribution is -0.132. The van der Waals surface area contributed by atoms with Crippen LogP contribution in [0.25, 0.3) is 6.08 Å². The van der Waals surface area contributed by atoms with E-state index >= 15 is 0 Å². The number of carbonyl (C=O) groups is 2. The number of carbonyl (C=O) groups excluding carboxylic acids is 2. The molecular formula is C27H34N2O5. The maximum atomic E-state index is 12.7. The number of rotatable bonds is 11. The third-order valence-electron chi connectivity index (χ3n) is 5.74. The van der Waals surface area contributed by atoms with Crippen molar-refractivity contribution < 1.29 is 23.8 Å². The predicted octanol–water partition coefficient (Wildman–Crippen LogP) is 4.38. The van der Waals surface area contributed by atoms with Gasteiger partial charge in [-0.05, 0) is 56.0 Å². The van der Waals surface area contributed by atoms with E-state index in [1.807, 2.05) is 61.2 Å². The second kappa shape index (κ2) is 12.7. The van der Waals surface area contributed by atoms with Crippen LogP contribution in [0.15, 0.2) is 48.5 Å². The third kappa shape index (κ3) is 6.76. The molecule has 2 aromatic rings. The summed E-state index contributed by atoms with van der Waals surface area (Å²) in [6.07, 6.45) is 6.01. The highest BCUT2D eigenvalue weighted by Gasteiger charge is 2.20. The highest BCUT2D eigenvalue weighted by atomic mass is 16.5. The van der Waals surface area contributed by atoms with Crippen LogP contribution in [0, 0.1) is 0 Å². The summed E-state index contributed by atoms with van der Waals surface area (Å²) in [7, 11) is 1.59.